The third kappa shape index (κ3) is 7.10. The summed E-state index contributed by atoms with van der Waals surface area (Å²) < 4.78 is 14.0. The Bertz CT molecular complexity index is 877. The first kappa shape index (κ1) is 25.3. The van der Waals surface area contributed by atoms with E-state index in [-0.39, 0.29) is 35.8 Å². The Morgan fingerprint density at radius 3 is 2.55 bits per heavy atom. The SMILES string of the molecule is CN=C(NCCCN1CCN(c2ncccn2)CC1)NC1CCN(c2ncccc2F)C1.I. The van der Waals surface area contributed by atoms with E-state index in [9.17, 15) is 4.39 Å². The summed E-state index contributed by atoms with van der Waals surface area (Å²) >= 11 is 0. The van der Waals surface area contributed by atoms with Gasteiger partial charge in [0.1, 0.15) is 0 Å². The predicted molar refractivity (Wildman–Crippen MR) is 140 cm³/mol. The maximum Gasteiger partial charge on any atom is 0.225 e. The molecule has 2 aliphatic heterocycles. The van der Waals surface area contributed by atoms with Gasteiger partial charge in [-0.2, -0.15) is 0 Å². The van der Waals surface area contributed by atoms with Crippen molar-refractivity contribution in [2.75, 3.05) is 69.2 Å². The van der Waals surface area contributed by atoms with Crippen molar-refractivity contribution >= 4 is 41.7 Å². The van der Waals surface area contributed by atoms with Crippen molar-refractivity contribution in [2.45, 2.75) is 18.9 Å². The van der Waals surface area contributed by atoms with E-state index < -0.39 is 0 Å². The second-order valence-corrected chi connectivity index (χ2v) is 8.11. The van der Waals surface area contributed by atoms with Gasteiger partial charge in [0.2, 0.25) is 5.95 Å². The minimum Gasteiger partial charge on any atom is -0.356 e. The summed E-state index contributed by atoms with van der Waals surface area (Å²) in [5.74, 6) is 1.77. The van der Waals surface area contributed by atoms with Gasteiger partial charge in [-0.3, -0.25) is 9.89 Å². The molecular weight excluding hydrogens is 536 g/mol. The van der Waals surface area contributed by atoms with Gasteiger partial charge in [-0.15, -0.1) is 24.0 Å². The van der Waals surface area contributed by atoms with E-state index in [1.165, 1.54) is 6.07 Å². The van der Waals surface area contributed by atoms with Gasteiger partial charge in [-0.25, -0.2) is 19.3 Å². The topological polar surface area (TPSA) is 84.8 Å². The maximum absolute atomic E-state index is 14.0. The fraction of sp³-hybridized carbons (Fsp3) is 0.545. The predicted octanol–water partition coefficient (Wildman–Crippen LogP) is 1.58. The summed E-state index contributed by atoms with van der Waals surface area (Å²) in [6, 6.07) is 5.14. The Balaban J connectivity index is 0.00000306. The Kier molecular flexibility index (Phi) is 9.85. The molecule has 11 heteroatoms. The molecule has 0 spiro atoms. The van der Waals surface area contributed by atoms with Crippen LogP contribution in [0.5, 0.6) is 0 Å². The molecule has 2 aliphatic rings. The van der Waals surface area contributed by atoms with Gasteiger partial charge in [-0.1, -0.05) is 0 Å². The van der Waals surface area contributed by atoms with Crippen LogP contribution in [0, 0.1) is 5.82 Å². The van der Waals surface area contributed by atoms with Gasteiger partial charge in [0.05, 0.1) is 0 Å². The monoisotopic (exact) mass is 569 g/mol. The fourth-order valence-corrected chi connectivity index (χ4v) is 4.20. The number of anilines is 2. The molecule has 180 valence electrons. The standard InChI is InChI=1S/C22H32FN9.HI/c1-24-21(29-18-6-12-32(17-18)20-19(23)5-2-7-25-20)26-10-4-11-30-13-15-31(16-14-30)22-27-8-3-9-28-22;/h2-3,5,7-9,18H,4,6,10-17H2,1H3,(H2,24,26,29);1H. The van der Waals surface area contributed by atoms with Crippen LogP contribution in [0.4, 0.5) is 16.2 Å². The van der Waals surface area contributed by atoms with Crippen LogP contribution in [-0.2, 0) is 0 Å². The Morgan fingerprint density at radius 1 is 1.06 bits per heavy atom. The van der Waals surface area contributed by atoms with Crippen molar-refractivity contribution in [1.82, 2.24) is 30.5 Å². The summed E-state index contributed by atoms with van der Waals surface area (Å²) in [5, 5.41) is 6.87. The first-order valence-electron chi connectivity index (χ1n) is 11.3. The molecule has 2 aromatic heterocycles. The number of guanidine groups is 1. The molecular formula is C22H33FIN9. The molecule has 1 atom stereocenters. The summed E-state index contributed by atoms with van der Waals surface area (Å²) in [4.78, 5) is 23.9. The van der Waals surface area contributed by atoms with Crippen molar-refractivity contribution < 1.29 is 4.39 Å². The second kappa shape index (κ2) is 12.8. The molecule has 0 amide bonds. The van der Waals surface area contributed by atoms with E-state index in [0.717, 1.165) is 70.6 Å². The molecule has 4 heterocycles. The van der Waals surface area contributed by atoms with Crippen molar-refractivity contribution in [3.05, 3.63) is 42.6 Å². The number of piperazine rings is 1. The number of halogens is 2. The molecule has 0 aliphatic carbocycles. The highest BCUT2D eigenvalue weighted by Crippen LogP contribution is 2.20. The van der Waals surface area contributed by atoms with E-state index >= 15 is 0 Å². The van der Waals surface area contributed by atoms with Gasteiger partial charge in [-0.05, 0) is 37.6 Å². The molecule has 0 saturated carbocycles. The van der Waals surface area contributed by atoms with Crippen molar-refractivity contribution in [2.24, 2.45) is 4.99 Å². The number of nitrogens with zero attached hydrogens (tertiary/aromatic N) is 7. The van der Waals surface area contributed by atoms with Crippen molar-refractivity contribution in [1.29, 1.82) is 0 Å². The number of hydrogen-bond donors (Lipinski definition) is 2. The van der Waals surface area contributed by atoms with Gasteiger partial charge in [0, 0.05) is 77.5 Å². The van der Waals surface area contributed by atoms with Crippen LogP contribution in [0.3, 0.4) is 0 Å². The second-order valence-electron chi connectivity index (χ2n) is 8.11. The molecule has 0 aromatic carbocycles. The van der Waals surface area contributed by atoms with E-state index in [1.54, 1.807) is 31.7 Å². The normalized spacial score (nSPS) is 19.3. The third-order valence-corrected chi connectivity index (χ3v) is 5.94. The lowest BCUT2D eigenvalue weighted by Gasteiger charge is -2.34. The number of hydrogen-bond acceptors (Lipinski definition) is 7. The minimum absolute atomic E-state index is 0. The average Bonchev–Trinajstić information content (AvgIpc) is 3.30. The fourth-order valence-electron chi connectivity index (χ4n) is 4.20. The highest BCUT2D eigenvalue weighted by atomic mass is 127. The van der Waals surface area contributed by atoms with Crippen LogP contribution in [0.1, 0.15) is 12.8 Å². The summed E-state index contributed by atoms with van der Waals surface area (Å²) in [7, 11) is 1.78. The zero-order valence-corrected chi connectivity index (χ0v) is 21.4. The van der Waals surface area contributed by atoms with Crippen LogP contribution in [0.25, 0.3) is 0 Å². The zero-order valence-electron chi connectivity index (χ0n) is 19.0. The molecule has 0 radical (unpaired) electrons. The number of nitrogens with one attached hydrogen (secondary N) is 2. The van der Waals surface area contributed by atoms with Crippen LogP contribution in [0.2, 0.25) is 0 Å². The smallest absolute Gasteiger partial charge is 0.225 e. The van der Waals surface area contributed by atoms with Gasteiger partial charge < -0.3 is 20.4 Å². The Labute approximate surface area is 211 Å². The molecule has 2 saturated heterocycles. The van der Waals surface area contributed by atoms with E-state index in [1.807, 2.05) is 11.0 Å². The van der Waals surface area contributed by atoms with E-state index in [4.69, 9.17) is 0 Å². The molecule has 4 rings (SSSR count). The number of rotatable bonds is 7. The largest absolute Gasteiger partial charge is 0.356 e. The molecule has 9 nitrogen and oxygen atoms in total. The molecule has 2 fully saturated rings. The van der Waals surface area contributed by atoms with E-state index in [2.05, 4.69) is 40.4 Å². The number of pyridine rings is 1. The summed E-state index contributed by atoms with van der Waals surface area (Å²) in [6.45, 7) is 7.34. The van der Waals surface area contributed by atoms with Gasteiger partial charge in [0.15, 0.2) is 17.6 Å². The highest BCUT2D eigenvalue weighted by Gasteiger charge is 2.26. The van der Waals surface area contributed by atoms with E-state index in [0.29, 0.717) is 12.4 Å². The zero-order chi connectivity index (χ0) is 22.2. The van der Waals surface area contributed by atoms with Crippen LogP contribution in [0.15, 0.2) is 41.8 Å². The molecule has 2 N–H and O–H groups in total. The molecule has 0 bridgehead atoms. The first-order valence-corrected chi connectivity index (χ1v) is 11.3. The molecule has 33 heavy (non-hydrogen) atoms. The van der Waals surface area contributed by atoms with Crippen molar-refractivity contribution in [3.63, 3.8) is 0 Å². The molecule has 2 aromatic rings. The maximum atomic E-state index is 14.0. The van der Waals surface area contributed by atoms with Crippen LogP contribution in [-0.4, -0.2) is 91.3 Å². The lowest BCUT2D eigenvalue weighted by atomic mass is 10.2. The lowest BCUT2D eigenvalue weighted by Crippen LogP contribution is -2.48. The average molecular weight is 569 g/mol. The third-order valence-electron chi connectivity index (χ3n) is 5.94. The van der Waals surface area contributed by atoms with Gasteiger partial charge >= 0.3 is 0 Å². The quantitative estimate of drug-likeness (QED) is 0.225. The summed E-state index contributed by atoms with van der Waals surface area (Å²) in [5.41, 5.74) is 0. The van der Waals surface area contributed by atoms with Crippen LogP contribution >= 0.6 is 24.0 Å². The lowest BCUT2D eigenvalue weighted by molar-refractivity contribution is 0.254. The van der Waals surface area contributed by atoms with Gasteiger partial charge in [0.25, 0.3) is 0 Å². The van der Waals surface area contributed by atoms with Crippen LogP contribution < -0.4 is 20.4 Å². The van der Waals surface area contributed by atoms with Crippen molar-refractivity contribution in [3.8, 4) is 0 Å². The Morgan fingerprint density at radius 2 is 1.82 bits per heavy atom. The molecule has 1 unspecified atom stereocenters. The Hall–Kier alpha value is -2.28. The first-order chi connectivity index (χ1) is 15.7. The number of aromatic nitrogens is 3. The minimum atomic E-state index is -0.271. The number of aliphatic imine (C=N–C) groups is 1. The highest BCUT2D eigenvalue weighted by molar-refractivity contribution is 14.0. The summed E-state index contributed by atoms with van der Waals surface area (Å²) in [6.07, 6.45) is 7.18.